The molecule has 130 valence electrons. The summed E-state index contributed by atoms with van der Waals surface area (Å²) < 4.78 is 40.6. The van der Waals surface area contributed by atoms with Crippen LogP contribution in [0.15, 0.2) is 36.4 Å². The molecule has 0 amide bonds. The third kappa shape index (κ3) is 2.94. The summed E-state index contributed by atoms with van der Waals surface area (Å²) in [4.78, 5) is 11.2. The molecular formula is C17H11F3INO3. The summed E-state index contributed by atoms with van der Waals surface area (Å²) in [6.07, 6.45) is -4.41. The Morgan fingerprint density at radius 1 is 1.16 bits per heavy atom. The summed E-state index contributed by atoms with van der Waals surface area (Å²) in [6.45, 7) is 0. The van der Waals surface area contributed by atoms with Gasteiger partial charge in [0.2, 0.25) is 0 Å². The summed E-state index contributed by atoms with van der Waals surface area (Å²) in [7, 11) is 1.71. The number of hydrogen-bond acceptors (Lipinski definition) is 2. The van der Waals surface area contributed by atoms with Gasteiger partial charge in [0.25, 0.3) is 0 Å². The molecule has 1 aromatic heterocycles. The summed E-state index contributed by atoms with van der Waals surface area (Å²) in [5, 5.41) is 19.6. The van der Waals surface area contributed by atoms with Crippen LogP contribution in [-0.2, 0) is 13.2 Å². The maximum atomic E-state index is 12.7. The fourth-order valence-electron chi connectivity index (χ4n) is 2.73. The van der Waals surface area contributed by atoms with Gasteiger partial charge in [-0.2, -0.15) is 13.2 Å². The number of carboxylic acids is 1. The van der Waals surface area contributed by atoms with Crippen molar-refractivity contribution in [2.24, 2.45) is 7.05 Å². The molecule has 0 fully saturated rings. The van der Waals surface area contributed by atoms with E-state index in [2.05, 4.69) is 0 Å². The van der Waals surface area contributed by atoms with Crippen LogP contribution in [-0.4, -0.2) is 20.7 Å². The smallest absolute Gasteiger partial charge is 0.416 e. The highest BCUT2D eigenvalue weighted by Crippen LogP contribution is 2.38. The minimum atomic E-state index is -4.41. The van der Waals surface area contributed by atoms with Crippen LogP contribution in [0.2, 0.25) is 0 Å². The molecule has 0 radical (unpaired) electrons. The predicted octanol–water partition coefficient (Wildman–Crippen LogP) is 4.87. The van der Waals surface area contributed by atoms with Gasteiger partial charge in [-0.15, -0.1) is 0 Å². The lowest BCUT2D eigenvalue weighted by atomic mass is 10.1. The standard InChI is InChI=1S/C17H11F3INO3/c1-22-12-7-13(23)11(16(24)25)6-10(12)14(21)15(22)8-2-4-9(5-3-8)17(18,19)20/h2-7,23H,1H3,(H,24,25). The topological polar surface area (TPSA) is 62.5 Å². The van der Waals surface area contributed by atoms with Crippen molar-refractivity contribution in [3.05, 3.63) is 51.1 Å². The van der Waals surface area contributed by atoms with E-state index in [1.54, 1.807) is 11.6 Å². The lowest BCUT2D eigenvalue weighted by Crippen LogP contribution is -2.04. The zero-order valence-corrected chi connectivity index (χ0v) is 14.9. The first-order valence-electron chi connectivity index (χ1n) is 7.03. The van der Waals surface area contributed by atoms with Crippen molar-refractivity contribution in [2.45, 2.75) is 6.18 Å². The van der Waals surface area contributed by atoms with Crippen molar-refractivity contribution in [3.63, 3.8) is 0 Å². The van der Waals surface area contributed by atoms with Gasteiger partial charge in [0, 0.05) is 22.1 Å². The fraction of sp³-hybridized carbons (Fsp3) is 0.118. The van der Waals surface area contributed by atoms with Gasteiger partial charge in [-0.05, 0) is 46.4 Å². The number of aromatic hydroxyl groups is 1. The SMILES string of the molecule is Cn1c(-c2ccc(C(F)(F)F)cc2)c(I)c2cc(C(=O)O)c(O)cc21. The highest BCUT2D eigenvalue weighted by molar-refractivity contribution is 14.1. The van der Waals surface area contributed by atoms with Gasteiger partial charge in [0.05, 0.1) is 16.8 Å². The number of phenols is 1. The van der Waals surface area contributed by atoms with Gasteiger partial charge in [0.15, 0.2) is 0 Å². The zero-order chi connectivity index (χ0) is 18.5. The molecule has 1 heterocycles. The number of alkyl halides is 3. The van der Waals surface area contributed by atoms with Crippen LogP contribution in [0, 0.1) is 3.57 Å². The molecule has 0 spiro atoms. The van der Waals surface area contributed by atoms with Gasteiger partial charge in [-0.1, -0.05) is 12.1 Å². The number of fused-ring (bicyclic) bond motifs is 1. The van der Waals surface area contributed by atoms with E-state index in [1.165, 1.54) is 24.3 Å². The van der Waals surface area contributed by atoms with Crippen molar-refractivity contribution in [3.8, 4) is 17.0 Å². The monoisotopic (exact) mass is 461 g/mol. The summed E-state index contributed by atoms with van der Waals surface area (Å²) in [5.74, 6) is -1.62. The average molecular weight is 461 g/mol. The molecule has 0 aliphatic heterocycles. The minimum absolute atomic E-state index is 0.227. The predicted molar refractivity (Wildman–Crippen MR) is 94.7 cm³/mol. The van der Waals surface area contributed by atoms with E-state index >= 15 is 0 Å². The molecule has 0 unspecified atom stereocenters. The molecule has 4 nitrogen and oxygen atoms in total. The largest absolute Gasteiger partial charge is 0.507 e. The molecule has 2 aromatic carbocycles. The molecule has 25 heavy (non-hydrogen) atoms. The first-order valence-corrected chi connectivity index (χ1v) is 8.11. The number of rotatable bonds is 2. The van der Waals surface area contributed by atoms with Gasteiger partial charge < -0.3 is 14.8 Å². The Morgan fingerprint density at radius 2 is 1.76 bits per heavy atom. The number of aromatic carboxylic acids is 1. The van der Waals surface area contributed by atoms with E-state index in [0.29, 0.717) is 25.7 Å². The van der Waals surface area contributed by atoms with Crippen LogP contribution in [0.25, 0.3) is 22.2 Å². The van der Waals surface area contributed by atoms with Crippen LogP contribution < -0.4 is 0 Å². The number of carbonyl (C=O) groups is 1. The van der Waals surface area contributed by atoms with E-state index in [-0.39, 0.29) is 11.3 Å². The quantitative estimate of drug-likeness (QED) is 0.536. The molecule has 0 atom stereocenters. The highest BCUT2D eigenvalue weighted by Gasteiger charge is 2.30. The third-order valence-corrected chi connectivity index (χ3v) is 5.06. The zero-order valence-electron chi connectivity index (χ0n) is 12.7. The molecule has 3 rings (SSSR count). The number of nitrogens with zero attached hydrogens (tertiary/aromatic N) is 1. The fourth-order valence-corrected chi connectivity index (χ4v) is 3.84. The van der Waals surface area contributed by atoms with E-state index in [1.807, 2.05) is 22.6 Å². The maximum Gasteiger partial charge on any atom is 0.416 e. The maximum absolute atomic E-state index is 12.7. The average Bonchev–Trinajstić information content (AvgIpc) is 2.76. The van der Waals surface area contributed by atoms with Crippen molar-refractivity contribution < 1.29 is 28.2 Å². The van der Waals surface area contributed by atoms with Gasteiger partial charge >= 0.3 is 12.1 Å². The van der Waals surface area contributed by atoms with Crippen molar-refractivity contribution in [2.75, 3.05) is 0 Å². The van der Waals surface area contributed by atoms with Crippen LogP contribution >= 0.6 is 22.6 Å². The first kappa shape index (κ1) is 17.6. The number of carboxylic acid groups (broad SMARTS) is 1. The van der Waals surface area contributed by atoms with Crippen LogP contribution in [0.5, 0.6) is 5.75 Å². The molecule has 0 saturated heterocycles. The number of aryl methyl sites for hydroxylation is 1. The molecule has 0 aliphatic rings. The lowest BCUT2D eigenvalue weighted by molar-refractivity contribution is -0.137. The second-order valence-electron chi connectivity index (χ2n) is 5.49. The van der Waals surface area contributed by atoms with Crippen molar-refractivity contribution in [1.29, 1.82) is 0 Å². The van der Waals surface area contributed by atoms with Crippen LogP contribution in [0.1, 0.15) is 15.9 Å². The summed E-state index contributed by atoms with van der Waals surface area (Å²) in [5.41, 5.74) is 0.825. The summed E-state index contributed by atoms with van der Waals surface area (Å²) in [6, 6.07) is 7.46. The number of halogens is 4. The second kappa shape index (κ2) is 5.94. The summed E-state index contributed by atoms with van der Waals surface area (Å²) >= 11 is 2.02. The van der Waals surface area contributed by atoms with Crippen LogP contribution in [0.3, 0.4) is 0 Å². The molecule has 0 saturated carbocycles. The Kier molecular flexibility index (Phi) is 4.18. The van der Waals surface area contributed by atoms with Crippen molar-refractivity contribution >= 4 is 39.5 Å². The second-order valence-corrected chi connectivity index (χ2v) is 6.57. The normalized spacial score (nSPS) is 11.9. The third-order valence-electron chi connectivity index (χ3n) is 3.97. The number of aromatic nitrogens is 1. The molecule has 8 heteroatoms. The van der Waals surface area contributed by atoms with E-state index in [4.69, 9.17) is 5.11 Å². The Labute approximate surface area is 153 Å². The van der Waals surface area contributed by atoms with Gasteiger partial charge in [-0.3, -0.25) is 0 Å². The Hall–Kier alpha value is -2.23. The van der Waals surface area contributed by atoms with Crippen molar-refractivity contribution in [1.82, 2.24) is 4.57 Å². The molecular weight excluding hydrogens is 450 g/mol. The van der Waals surface area contributed by atoms with Crippen LogP contribution in [0.4, 0.5) is 13.2 Å². The number of benzene rings is 2. The number of hydrogen-bond donors (Lipinski definition) is 2. The van der Waals surface area contributed by atoms with Gasteiger partial charge in [-0.25, -0.2) is 4.79 Å². The van der Waals surface area contributed by atoms with E-state index in [0.717, 1.165) is 12.1 Å². The van der Waals surface area contributed by atoms with E-state index < -0.39 is 17.7 Å². The first-order chi connectivity index (χ1) is 11.6. The van der Waals surface area contributed by atoms with Gasteiger partial charge in [0.1, 0.15) is 11.3 Å². The minimum Gasteiger partial charge on any atom is -0.507 e. The molecule has 3 aromatic rings. The molecule has 0 aliphatic carbocycles. The Morgan fingerprint density at radius 3 is 2.28 bits per heavy atom. The molecule has 0 bridgehead atoms. The Bertz CT molecular complexity index is 991. The Balaban J connectivity index is 2.22. The van der Waals surface area contributed by atoms with E-state index in [9.17, 15) is 23.1 Å². The lowest BCUT2D eigenvalue weighted by Gasteiger charge is -2.09. The highest BCUT2D eigenvalue weighted by atomic mass is 127. The molecule has 2 N–H and O–H groups in total.